The molecular weight excluding hydrogens is 258 g/mol. The van der Waals surface area contributed by atoms with Gasteiger partial charge in [0, 0.05) is 13.1 Å². The Kier molecular flexibility index (Phi) is 3.50. The van der Waals surface area contributed by atoms with E-state index in [-0.39, 0.29) is 18.3 Å². The van der Waals surface area contributed by atoms with E-state index in [2.05, 4.69) is 15.0 Å². The van der Waals surface area contributed by atoms with Crippen LogP contribution >= 0.6 is 0 Å². The lowest BCUT2D eigenvalue weighted by Crippen LogP contribution is -2.31. The standard InChI is InChI=1S/C9H15N5O3S/c1-18(16,17)11-8-6-14(12-10-8)7-9(15)13-4-2-3-5-13/h6,11H,2-5,7H2,1H3. The molecule has 0 bridgehead atoms. The van der Waals surface area contributed by atoms with E-state index in [1.54, 1.807) is 4.90 Å². The molecule has 0 unspecified atom stereocenters. The zero-order chi connectivity index (χ0) is 13.2. The summed E-state index contributed by atoms with van der Waals surface area (Å²) >= 11 is 0. The summed E-state index contributed by atoms with van der Waals surface area (Å²) in [5.41, 5.74) is 0. The van der Waals surface area contributed by atoms with Crippen molar-refractivity contribution in [2.45, 2.75) is 19.4 Å². The number of likely N-dealkylation sites (tertiary alicyclic amines) is 1. The van der Waals surface area contributed by atoms with Crippen molar-refractivity contribution in [2.24, 2.45) is 0 Å². The van der Waals surface area contributed by atoms with Crippen LogP contribution in [0.25, 0.3) is 0 Å². The van der Waals surface area contributed by atoms with Gasteiger partial charge in [0.15, 0.2) is 5.82 Å². The average molecular weight is 273 g/mol. The van der Waals surface area contributed by atoms with Crippen LogP contribution in [0.3, 0.4) is 0 Å². The van der Waals surface area contributed by atoms with Gasteiger partial charge in [-0.3, -0.25) is 9.52 Å². The van der Waals surface area contributed by atoms with E-state index in [9.17, 15) is 13.2 Å². The lowest BCUT2D eigenvalue weighted by molar-refractivity contribution is -0.130. The number of hydrogen-bond donors (Lipinski definition) is 1. The Labute approximate surface area is 105 Å². The molecule has 0 spiro atoms. The Morgan fingerprint density at radius 1 is 1.44 bits per heavy atom. The molecule has 0 aromatic carbocycles. The van der Waals surface area contributed by atoms with Gasteiger partial charge in [-0.05, 0) is 12.8 Å². The summed E-state index contributed by atoms with van der Waals surface area (Å²) in [5, 5.41) is 7.34. The maximum Gasteiger partial charge on any atom is 0.244 e. The van der Waals surface area contributed by atoms with Crippen LogP contribution in [0, 0.1) is 0 Å². The summed E-state index contributed by atoms with van der Waals surface area (Å²) in [7, 11) is -3.37. The third-order valence-corrected chi connectivity index (χ3v) is 3.16. The van der Waals surface area contributed by atoms with Gasteiger partial charge in [-0.15, -0.1) is 5.10 Å². The fourth-order valence-electron chi connectivity index (χ4n) is 1.82. The maximum absolute atomic E-state index is 11.8. The van der Waals surface area contributed by atoms with E-state index in [1.807, 2.05) is 0 Å². The molecule has 1 fully saturated rings. The molecule has 2 rings (SSSR count). The van der Waals surface area contributed by atoms with Crippen LogP contribution in [0.1, 0.15) is 12.8 Å². The predicted octanol–water partition coefficient (Wildman–Crippen LogP) is -0.728. The third kappa shape index (κ3) is 3.42. The number of aromatic nitrogens is 3. The van der Waals surface area contributed by atoms with Crippen LogP contribution in [-0.4, -0.2) is 53.6 Å². The number of nitrogens with one attached hydrogen (secondary N) is 1. The molecule has 100 valence electrons. The molecule has 9 heteroatoms. The summed E-state index contributed by atoms with van der Waals surface area (Å²) in [6.45, 7) is 1.64. The minimum atomic E-state index is -3.37. The van der Waals surface area contributed by atoms with Gasteiger partial charge >= 0.3 is 0 Å². The van der Waals surface area contributed by atoms with E-state index >= 15 is 0 Å². The summed E-state index contributed by atoms with van der Waals surface area (Å²) in [6, 6.07) is 0. The Morgan fingerprint density at radius 2 is 2.11 bits per heavy atom. The summed E-state index contributed by atoms with van der Waals surface area (Å²) in [4.78, 5) is 13.6. The SMILES string of the molecule is CS(=O)(=O)Nc1cn(CC(=O)N2CCCC2)nn1. The molecule has 2 heterocycles. The lowest BCUT2D eigenvalue weighted by atomic mass is 10.4. The highest BCUT2D eigenvalue weighted by atomic mass is 32.2. The first kappa shape index (κ1) is 12.8. The molecule has 8 nitrogen and oxygen atoms in total. The summed E-state index contributed by atoms with van der Waals surface area (Å²) < 4.78 is 25.5. The second-order valence-electron chi connectivity index (χ2n) is 4.26. The number of rotatable bonds is 4. The van der Waals surface area contributed by atoms with E-state index < -0.39 is 10.0 Å². The summed E-state index contributed by atoms with van der Waals surface area (Å²) in [6.07, 6.45) is 4.49. The number of nitrogens with zero attached hydrogens (tertiary/aromatic N) is 4. The van der Waals surface area contributed by atoms with Gasteiger partial charge in [-0.2, -0.15) is 0 Å². The first-order valence-electron chi connectivity index (χ1n) is 5.60. The number of anilines is 1. The molecule has 18 heavy (non-hydrogen) atoms. The van der Waals surface area contributed by atoms with Crippen molar-refractivity contribution >= 4 is 21.7 Å². The Bertz CT molecular complexity index is 532. The van der Waals surface area contributed by atoms with Crippen molar-refractivity contribution < 1.29 is 13.2 Å². The van der Waals surface area contributed by atoms with Gasteiger partial charge in [0.1, 0.15) is 6.54 Å². The minimum Gasteiger partial charge on any atom is -0.341 e. The van der Waals surface area contributed by atoms with Crippen molar-refractivity contribution in [3.8, 4) is 0 Å². The highest BCUT2D eigenvalue weighted by molar-refractivity contribution is 7.92. The average Bonchev–Trinajstić information content (AvgIpc) is 2.86. The van der Waals surface area contributed by atoms with Crippen molar-refractivity contribution in [2.75, 3.05) is 24.1 Å². The van der Waals surface area contributed by atoms with Gasteiger partial charge in [0.2, 0.25) is 15.9 Å². The van der Waals surface area contributed by atoms with Crippen LogP contribution < -0.4 is 4.72 Å². The monoisotopic (exact) mass is 273 g/mol. The Hall–Kier alpha value is -1.64. The van der Waals surface area contributed by atoms with Crippen LogP contribution in [0.15, 0.2) is 6.20 Å². The molecule has 1 N–H and O–H groups in total. The molecule has 1 aromatic heterocycles. The summed E-state index contributed by atoms with van der Waals surface area (Å²) in [5.74, 6) is 0.0926. The first-order chi connectivity index (χ1) is 8.44. The number of amides is 1. The highest BCUT2D eigenvalue weighted by Gasteiger charge is 2.18. The molecule has 1 aliphatic heterocycles. The molecule has 0 aliphatic carbocycles. The van der Waals surface area contributed by atoms with Crippen LogP contribution in [-0.2, 0) is 21.4 Å². The maximum atomic E-state index is 11.8. The minimum absolute atomic E-state index is 0.0247. The van der Waals surface area contributed by atoms with Gasteiger partial charge < -0.3 is 4.90 Å². The van der Waals surface area contributed by atoms with E-state index in [1.165, 1.54) is 10.9 Å². The topological polar surface area (TPSA) is 97.2 Å². The van der Waals surface area contributed by atoms with E-state index in [0.29, 0.717) is 0 Å². The second-order valence-corrected chi connectivity index (χ2v) is 6.01. The number of sulfonamides is 1. The molecule has 0 saturated carbocycles. The zero-order valence-corrected chi connectivity index (χ0v) is 10.9. The van der Waals surface area contributed by atoms with Crippen molar-refractivity contribution in [3.63, 3.8) is 0 Å². The fourth-order valence-corrected chi connectivity index (χ4v) is 2.29. The van der Waals surface area contributed by atoms with Gasteiger partial charge in [0.25, 0.3) is 0 Å². The number of hydrogen-bond acceptors (Lipinski definition) is 5. The van der Waals surface area contributed by atoms with Gasteiger partial charge in [-0.25, -0.2) is 13.1 Å². The van der Waals surface area contributed by atoms with Crippen LogP contribution in [0.5, 0.6) is 0 Å². The normalized spacial score (nSPS) is 15.9. The smallest absolute Gasteiger partial charge is 0.244 e. The molecule has 0 radical (unpaired) electrons. The van der Waals surface area contributed by atoms with Crippen molar-refractivity contribution in [1.29, 1.82) is 0 Å². The van der Waals surface area contributed by atoms with E-state index in [4.69, 9.17) is 0 Å². The second kappa shape index (κ2) is 4.92. The van der Waals surface area contributed by atoms with Gasteiger partial charge in [0.05, 0.1) is 12.5 Å². The van der Waals surface area contributed by atoms with Crippen molar-refractivity contribution in [1.82, 2.24) is 19.9 Å². The fraction of sp³-hybridized carbons (Fsp3) is 0.667. The Balaban J connectivity index is 1.96. The zero-order valence-electron chi connectivity index (χ0n) is 10.0. The van der Waals surface area contributed by atoms with Crippen LogP contribution in [0.2, 0.25) is 0 Å². The van der Waals surface area contributed by atoms with Gasteiger partial charge in [-0.1, -0.05) is 5.21 Å². The number of carbonyl (C=O) groups excluding carboxylic acids is 1. The molecule has 1 amide bonds. The first-order valence-corrected chi connectivity index (χ1v) is 7.49. The molecule has 0 atom stereocenters. The molecule has 1 saturated heterocycles. The molecular formula is C9H15N5O3S. The lowest BCUT2D eigenvalue weighted by Gasteiger charge is -2.14. The molecule has 1 aliphatic rings. The van der Waals surface area contributed by atoms with Crippen molar-refractivity contribution in [3.05, 3.63) is 6.20 Å². The predicted molar refractivity (Wildman–Crippen MR) is 64.3 cm³/mol. The quantitative estimate of drug-likeness (QED) is 0.780. The third-order valence-electron chi connectivity index (χ3n) is 2.58. The van der Waals surface area contributed by atoms with E-state index in [0.717, 1.165) is 32.2 Å². The highest BCUT2D eigenvalue weighted by Crippen LogP contribution is 2.09. The molecule has 1 aromatic rings. The number of carbonyl (C=O) groups is 1. The van der Waals surface area contributed by atoms with Crippen LogP contribution in [0.4, 0.5) is 5.82 Å². The largest absolute Gasteiger partial charge is 0.341 e. The Morgan fingerprint density at radius 3 is 2.72 bits per heavy atom.